The fraction of sp³-hybridized carbons (Fsp3) is 0.812. The van der Waals surface area contributed by atoms with E-state index in [2.05, 4.69) is 49.2 Å². The van der Waals surface area contributed by atoms with Gasteiger partial charge in [-0.25, -0.2) is 0 Å². The molecule has 1 saturated heterocycles. The molecule has 1 fully saturated rings. The smallest absolute Gasteiger partial charge is 0.0596 e. The summed E-state index contributed by atoms with van der Waals surface area (Å²) in [4.78, 5) is 2.65. The highest BCUT2D eigenvalue weighted by molar-refractivity contribution is 5.12. The molecule has 4 heteroatoms. The third-order valence-corrected chi connectivity index (χ3v) is 4.88. The second kappa shape index (κ2) is 6.27. The van der Waals surface area contributed by atoms with Crippen molar-refractivity contribution < 1.29 is 0 Å². The van der Waals surface area contributed by atoms with Crippen LogP contribution in [0.1, 0.15) is 44.5 Å². The van der Waals surface area contributed by atoms with Gasteiger partial charge in [0.15, 0.2) is 0 Å². The Morgan fingerprint density at radius 1 is 1.30 bits per heavy atom. The molecule has 1 aliphatic heterocycles. The molecule has 4 nitrogen and oxygen atoms in total. The highest BCUT2D eigenvalue weighted by Crippen LogP contribution is 2.25. The first-order valence-electron chi connectivity index (χ1n) is 7.87. The SMILES string of the molecule is CNC(Cc1cc(C)nn1C)C(C)(C)N1CCCCC1. The van der Waals surface area contributed by atoms with E-state index in [9.17, 15) is 0 Å². The van der Waals surface area contributed by atoms with Crippen LogP contribution in [0.5, 0.6) is 0 Å². The molecule has 1 aliphatic rings. The number of hydrogen-bond acceptors (Lipinski definition) is 3. The first-order chi connectivity index (χ1) is 9.45. The minimum atomic E-state index is 0.174. The van der Waals surface area contributed by atoms with Crippen LogP contribution in [0.2, 0.25) is 0 Å². The van der Waals surface area contributed by atoms with Gasteiger partial charge >= 0.3 is 0 Å². The Balaban J connectivity index is 2.11. The Hall–Kier alpha value is -0.870. The number of aryl methyl sites for hydroxylation is 2. The molecule has 20 heavy (non-hydrogen) atoms. The second-order valence-electron chi connectivity index (χ2n) is 6.65. The summed E-state index contributed by atoms with van der Waals surface area (Å²) in [7, 11) is 4.13. The molecule has 1 aromatic heterocycles. The maximum atomic E-state index is 4.47. The molecule has 2 heterocycles. The normalized spacial score (nSPS) is 19.2. The van der Waals surface area contributed by atoms with Crippen LogP contribution in [0.15, 0.2) is 6.07 Å². The maximum Gasteiger partial charge on any atom is 0.0596 e. The molecule has 0 aromatic carbocycles. The number of piperidine rings is 1. The van der Waals surface area contributed by atoms with Crippen LogP contribution in [-0.4, -0.2) is 46.4 Å². The molecule has 0 bridgehead atoms. The highest BCUT2D eigenvalue weighted by Gasteiger charge is 2.35. The van der Waals surface area contributed by atoms with Crippen molar-refractivity contribution in [1.82, 2.24) is 20.0 Å². The van der Waals surface area contributed by atoms with Crippen LogP contribution in [0.25, 0.3) is 0 Å². The minimum Gasteiger partial charge on any atom is -0.315 e. The van der Waals surface area contributed by atoms with Crippen LogP contribution in [0, 0.1) is 6.92 Å². The van der Waals surface area contributed by atoms with Crippen molar-refractivity contribution in [2.24, 2.45) is 7.05 Å². The second-order valence-corrected chi connectivity index (χ2v) is 6.65. The van der Waals surface area contributed by atoms with Crippen molar-refractivity contribution in [1.29, 1.82) is 0 Å². The van der Waals surface area contributed by atoms with E-state index in [0.717, 1.165) is 12.1 Å². The number of nitrogens with zero attached hydrogens (tertiary/aromatic N) is 3. The quantitative estimate of drug-likeness (QED) is 0.895. The van der Waals surface area contributed by atoms with E-state index in [1.54, 1.807) is 0 Å². The first-order valence-corrected chi connectivity index (χ1v) is 7.87. The summed E-state index contributed by atoms with van der Waals surface area (Å²) < 4.78 is 2.02. The Labute approximate surface area is 123 Å². The van der Waals surface area contributed by atoms with E-state index in [1.807, 2.05) is 11.7 Å². The molecule has 0 saturated carbocycles. The molecule has 0 radical (unpaired) electrons. The van der Waals surface area contributed by atoms with Crippen molar-refractivity contribution in [2.75, 3.05) is 20.1 Å². The predicted octanol–water partition coefficient (Wildman–Crippen LogP) is 2.12. The molecule has 1 aromatic rings. The Kier molecular flexibility index (Phi) is 4.86. The molecule has 114 valence electrons. The lowest BCUT2D eigenvalue weighted by Gasteiger charge is -2.46. The number of hydrogen-bond donors (Lipinski definition) is 1. The van der Waals surface area contributed by atoms with Gasteiger partial charge in [-0.2, -0.15) is 5.10 Å². The zero-order valence-corrected chi connectivity index (χ0v) is 13.7. The van der Waals surface area contributed by atoms with Gasteiger partial charge in [0, 0.05) is 30.7 Å². The fourth-order valence-corrected chi connectivity index (χ4v) is 3.46. The van der Waals surface area contributed by atoms with Crippen LogP contribution in [0.3, 0.4) is 0 Å². The maximum absolute atomic E-state index is 4.47. The van der Waals surface area contributed by atoms with Crippen LogP contribution < -0.4 is 5.32 Å². The van der Waals surface area contributed by atoms with Gasteiger partial charge in [0.25, 0.3) is 0 Å². The third kappa shape index (κ3) is 3.23. The van der Waals surface area contributed by atoms with Gasteiger partial charge in [0.05, 0.1) is 5.69 Å². The predicted molar refractivity (Wildman–Crippen MR) is 84.0 cm³/mol. The minimum absolute atomic E-state index is 0.174. The van der Waals surface area contributed by atoms with Gasteiger partial charge in [-0.15, -0.1) is 0 Å². The molecule has 1 unspecified atom stereocenters. The lowest BCUT2D eigenvalue weighted by Crippen LogP contribution is -2.59. The van der Waals surface area contributed by atoms with E-state index in [0.29, 0.717) is 6.04 Å². The largest absolute Gasteiger partial charge is 0.315 e. The van der Waals surface area contributed by atoms with Crippen molar-refractivity contribution in [3.63, 3.8) is 0 Å². The van der Waals surface area contributed by atoms with E-state index in [1.165, 1.54) is 38.0 Å². The van der Waals surface area contributed by atoms with E-state index in [4.69, 9.17) is 0 Å². The number of likely N-dealkylation sites (N-methyl/N-ethyl adjacent to an activating group) is 1. The van der Waals surface area contributed by atoms with Gasteiger partial charge in [-0.1, -0.05) is 6.42 Å². The molecular weight excluding hydrogens is 248 g/mol. The van der Waals surface area contributed by atoms with Crippen LogP contribution >= 0.6 is 0 Å². The molecule has 1 N–H and O–H groups in total. The van der Waals surface area contributed by atoms with Crippen molar-refractivity contribution in [3.05, 3.63) is 17.5 Å². The summed E-state index contributed by atoms with van der Waals surface area (Å²) in [5.41, 5.74) is 2.59. The Morgan fingerprint density at radius 2 is 1.95 bits per heavy atom. The number of nitrogens with one attached hydrogen (secondary N) is 1. The van der Waals surface area contributed by atoms with Crippen LogP contribution in [-0.2, 0) is 13.5 Å². The zero-order valence-electron chi connectivity index (χ0n) is 13.7. The number of rotatable bonds is 5. The average molecular weight is 278 g/mol. The molecule has 0 spiro atoms. The Bertz CT molecular complexity index is 430. The standard InChI is InChI=1S/C16H30N4/c1-13-11-14(19(5)18-13)12-15(17-4)16(2,3)20-9-7-6-8-10-20/h11,15,17H,6-10,12H2,1-5H3. The zero-order chi connectivity index (χ0) is 14.8. The van der Waals surface area contributed by atoms with E-state index < -0.39 is 0 Å². The molecule has 0 aliphatic carbocycles. The van der Waals surface area contributed by atoms with E-state index >= 15 is 0 Å². The third-order valence-electron chi connectivity index (χ3n) is 4.88. The number of aromatic nitrogens is 2. The number of likely N-dealkylation sites (tertiary alicyclic amines) is 1. The van der Waals surface area contributed by atoms with Crippen LogP contribution in [0.4, 0.5) is 0 Å². The van der Waals surface area contributed by atoms with E-state index in [-0.39, 0.29) is 5.54 Å². The average Bonchev–Trinajstić information content (AvgIpc) is 2.75. The molecular formula is C16H30N4. The fourth-order valence-electron chi connectivity index (χ4n) is 3.46. The van der Waals surface area contributed by atoms with Crippen molar-refractivity contribution in [3.8, 4) is 0 Å². The summed E-state index contributed by atoms with van der Waals surface area (Å²) in [6.45, 7) is 9.28. The van der Waals surface area contributed by atoms with Crippen molar-refractivity contribution in [2.45, 2.75) is 58.0 Å². The highest BCUT2D eigenvalue weighted by atomic mass is 15.3. The van der Waals surface area contributed by atoms with Gasteiger partial charge in [0.2, 0.25) is 0 Å². The molecule has 2 rings (SSSR count). The monoisotopic (exact) mass is 278 g/mol. The van der Waals surface area contributed by atoms with Crippen molar-refractivity contribution >= 4 is 0 Å². The summed E-state index contributed by atoms with van der Waals surface area (Å²) in [5, 5.41) is 8.01. The summed E-state index contributed by atoms with van der Waals surface area (Å²) in [6.07, 6.45) is 5.09. The lowest BCUT2D eigenvalue weighted by molar-refractivity contribution is 0.0630. The summed E-state index contributed by atoms with van der Waals surface area (Å²) >= 11 is 0. The summed E-state index contributed by atoms with van der Waals surface area (Å²) in [6, 6.07) is 2.65. The molecule has 0 amide bonds. The van der Waals surface area contributed by atoms with Gasteiger partial charge in [0.1, 0.15) is 0 Å². The Morgan fingerprint density at radius 3 is 2.45 bits per heavy atom. The lowest BCUT2D eigenvalue weighted by atomic mass is 9.87. The van der Waals surface area contributed by atoms with Gasteiger partial charge in [-0.05, 0) is 59.8 Å². The van der Waals surface area contributed by atoms with Gasteiger partial charge < -0.3 is 5.32 Å². The topological polar surface area (TPSA) is 33.1 Å². The van der Waals surface area contributed by atoms with Gasteiger partial charge in [-0.3, -0.25) is 9.58 Å². The first kappa shape index (κ1) is 15.5. The molecule has 1 atom stereocenters. The summed E-state index contributed by atoms with van der Waals surface area (Å²) in [5.74, 6) is 0.